The molecule has 7 nitrogen and oxygen atoms in total. The second-order valence-corrected chi connectivity index (χ2v) is 5.39. The molecule has 0 radical (unpaired) electrons. The van der Waals surface area contributed by atoms with E-state index in [4.69, 9.17) is 4.74 Å². The first-order valence-corrected chi connectivity index (χ1v) is 7.65. The molecule has 3 N–H and O–H groups in total. The van der Waals surface area contributed by atoms with Crippen molar-refractivity contribution in [3.05, 3.63) is 59.9 Å². The van der Waals surface area contributed by atoms with Crippen LogP contribution in [-0.2, 0) is 4.79 Å². The smallest absolute Gasteiger partial charge is 0.258 e. The molecule has 0 saturated carbocycles. The summed E-state index contributed by atoms with van der Waals surface area (Å²) in [4.78, 5) is 16.2. The van der Waals surface area contributed by atoms with Crippen LogP contribution >= 0.6 is 0 Å². The Kier molecular flexibility index (Phi) is 5.15. The molecule has 3 rings (SSSR count). The summed E-state index contributed by atoms with van der Waals surface area (Å²) in [6.45, 7) is 0. The minimum atomic E-state index is -0.349. The quantitative estimate of drug-likeness (QED) is 0.567. The van der Waals surface area contributed by atoms with Crippen molar-refractivity contribution in [1.82, 2.24) is 21.3 Å². The summed E-state index contributed by atoms with van der Waals surface area (Å²) >= 11 is 0. The summed E-state index contributed by atoms with van der Waals surface area (Å²) in [5.74, 6) is 0.619. The zero-order valence-corrected chi connectivity index (χ0v) is 13.3. The molecule has 24 heavy (non-hydrogen) atoms. The Morgan fingerprint density at radius 2 is 2.12 bits per heavy atom. The van der Waals surface area contributed by atoms with Crippen LogP contribution < -0.4 is 21.0 Å². The number of methoxy groups -OCH3 is 1. The van der Waals surface area contributed by atoms with Gasteiger partial charge in [-0.3, -0.25) is 9.78 Å². The molecule has 1 amide bonds. The van der Waals surface area contributed by atoms with E-state index in [2.05, 4.69) is 26.4 Å². The number of carbonyl (C=O) groups excluding carboxylic acids is 1. The summed E-state index contributed by atoms with van der Waals surface area (Å²) in [5.41, 5.74) is 10.4. The van der Waals surface area contributed by atoms with Gasteiger partial charge in [0.05, 0.1) is 19.0 Å². The normalized spacial score (nSPS) is 20.2. The highest BCUT2D eigenvalue weighted by molar-refractivity contribution is 5.84. The Balaban J connectivity index is 1.53. The molecular formula is C17H19N5O2. The lowest BCUT2D eigenvalue weighted by molar-refractivity contribution is -0.122. The Morgan fingerprint density at radius 1 is 1.29 bits per heavy atom. The van der Waals surface area contributed by atoms with E-state index in [-0.39, 0.29) is 18.0 Å². The minimum absolute atomic E-state index is 0.0615. The molecule has 2 aromatic rings. The lowest BCUT2D eigenvalue weighted by Gasteiger charge is -2.10. The van der Waals surface area contributed by atoms with Gasteiger partial charge in [0.2, 0.25) is 0 Å². The van der Waals surface area contributed by atoms with E-state index < -0.39 is 0 Å². The van der Waals surface area contributed by atoms with Crippen molar-refractivity contribution in [3.63, 3.8) is 0 Å². The van der Waals surface area contributed by atoms with Crippen molar-refractivity contribution in [2.45, 2.75) is 18.5 Å². The number of hydrogen-bond acceptors (Lipinski definition) is 6. The first kappa shape index (κ1) is 16.1. The maximum Gasteiger partial charge on any atom is 0.258 e. The van der Waals surface area contributed by atoms with Gasteiger partial charge in [0.1, 0.15) is 11.8 Å². The van der Waals surface area contributed by atoms with E-state index in [0.29, 0.717) is 12.1 Å². The number of pyridine rings is 1. The Bertz CT molecular complexity index is 703. The fourth-order valence-corrected chi connectivity index (χ4v) is 2.48. The van der Waals surface area contributed by atoms with Crippen LogP contribution in [0.3, 0.4) is 0 Å². The van der Waals surface area contributed by atoms with Crippen LogP contribution in [-0.4, -0.2) is 30.3 Å². The van der Waals surface area contributed by atoms with Gasteiger partial charge in [-0.15, -0.1) is 0 Å². The molecule has 0 bridgehead atoms. The number of ether oxygens (including phenoxy) is 1. The lowest BCUT2D eigenvalue weighted by Crippen LogP contribution is -2.41. The fourth-order valence-electron chi connectivity index (χ4n) is 2.48. The average molecular weight is 325 g/mol. The second-order valence-electron chi connectivity index (χ2n) is 5.39. The maximum atomic E-state index is 12.1. The highest BCUT2D eigenvalue weighted by atomic mass is 16.5. The monoisotopic (exact) mass is 325 g/mol. The van der Waals surface area contributed by atoms with Crippen molar-refractivity contribution >= 4 is 12.1 Å². The summed E-state index contributed by atoms with van der Waals surface area (Å²) in [6, 6.07) is 13.0. The van der Waals surface area contributed by atoms with Crippen LogP contribution in [0.2, 0.25) is 0 Å². The number of nitrogens with one attached hydrogen (secondary N) is 3. The average Bonchev–Trinajstić information content (AvgIpc) is 3.13. The molecule has 1 aliphatic heterocycles. The standard InChI is InChI=1S/C17H19N5O2/c1-24-14-7-5-12(6-8-14)15-10-16(21-20-15)17(23)22-19-11-13-4-2-3-9-18-13/h2-9,11,15-16,20-21H,10H2,1H3,(H,22,23)/b19-11+. The van der Waals surface area contributed by atoms with Crippen LogP contribution in [0.4, 0.5) is 0 Å². The van der Waals surface area contributed by atoms with Gasteiger partial charge in [0, 0.05) is 12.2 Å². The zero-order chi connectivity index (χ0) is 16.8. The Hall–Kier alpha value is -2.77. The number of hydrazine groups is 1. The Morgan fingerprint density at radius 3 is 2.83 bits per heavy atom. The SMILES string of the molecule is COc1ccc(C2CC(C(=O)N/N=C/c3ccccn3)NN2)cc1. The highest BCUT2D eigenvalue weighted by Crippen LogP contribution is 2.24. The summed E-state index contributed by atoms with van der Waals surface area (Å²) < 4.78 is 5.15. The van der Waals surface area contributed by atoms with Gasteiger partial charge < -0.3 is 4.74 Å². The molecule has 1 saturated heterocycles. The van der Waals surface area contributed by atoms with Crippen molar-refractivity contribution in [3.8, 4) is 5.75 Å². The van der Waals surface area contributed by atoms with Gasteiger partial charge in [-0.25, -0.2) is 16.3 Å². The van der Waals surface area contributed by atoms with E-state index >= 15 is 0 Å². The van der Waals surface area contributed by atoms with Gasteiger partial charge in [-0.2, -0.15) is 5.10 Å². The predicted molar refractivity (Wildman–Crippen MR) is 90.4 cm³/mol. The number of hydrogen-bond donors (Lipinski definition) is 3. The largest absolute Gasteiger partial charge is 0.497 e. The van der Waals surface area contributed by atoms with Crippen molar-refractivity contribution in [1.29, 1.82) is 0 Å². The van der Waals surface area contributed by atoms with Crippen molar-refractivity contribution < 1.29 is 9.53 Å². The molecule has 1 fully saturated rings. The molecular weight excluding hydrogens is 306 g/mol. The van der Waals surface area contributed by atoms with Gasteiger partial charge in [0.15, 0.2) is 0 Å². The third-order valence-corrected chi connectivity index (χ3v) is 3.80. The van der Waals surface area contributed by atoms with Gasteiger partial charge in [-0.1, -0.05) is 18.2 Å². The molecule has 2 unspecified atom stereocenters. The van der Waals surface area contributed by atoms with Crippen LogP contribution in [0.25, 0.3) is 0 Å². The van der Waals surface area contributed by atoms with Crippen molar-refractivity contribution in [2.75, 3.05) is 7.11 Å². The third kappa shape index (κ3) is 3.95. The number of hydrazone groups is 1. The zero-order valence-electron chi connectivity index (χ0n) is 13.3. The van der Waals surface area contributed by atoms with Crippen molar-refractivity contribution in [2.24, 2.45) is 5.10 Å². The Labute approximate surface area is 140 Å². The summed E-state index contributed by atoms with van der Waals surface area (Å²) in [7, 11) is 1.64. The number of aromatic nitrogens is 1. The molecule has 7 heteroatoms. The molecule has 1 aliphatic rings. The van der Waals surface area contributed by atoms with Gasteiger partial charge >= 0.3 is 0 Å². The maximum absolute atomic E-state index is 12.1. The predicted octanol–water partition coefficient (Wildman–Crippen LogP) is 1.15. The summed E-state index contributed by atoms with van der Waals surface area (Å²) in [5, 5.41) is 3.94. The van der Waals surface area contributed by atoms with E-state index in [1.54, 1.807) is 13.3 Å². The van der Waals surface area contributed by atoms with E-state index in [1.165, 1.54) is 6.21 Å². The topological polar surface area (TPSA) is 87.6 Å². The third-order valence-electron chi connectivity index (χ3n) is 3.80. The van der Waals surface area contributed by atoms with Gasteiger partial charge in [0.25, 0.3) is 5.91 Å². The highest BCUT2D eigenvalue weighted by Gasteiger charge is 2.29. The van der Waals surface area contributed by atoms with Crippen LogP contribution in [0, 0.1) is 0 Å². The number of nitrogens with zero attached hydrogens (tertiary/aromatic N) is 2. The molecule has 0 aliphatic carbocycles. The van der Waals surface area contributed by atoms with Crippen LogP contribution in [0.1, 0.15) is 23.7 Å². The molecule has 1 aromatic heterocycles. The number of amides is 1. The van der Waals surface area contributed by atoms with Crippen LogP contribution in [0.15, 0.2) is 53.8 Å². The summed E-state index contributed by atoms with van der Waals surface area (Å²) in [6.07, 6.45) is 3.82. The first-order valence-electron chi connectivity index (χ1n) is 7.65. The molecule has 0 spiro atoms. The molecule has 2 atom stereocenters. The van der Waals surface area contributed by atoms with E-state index in [9.17, 15) is 4.79 Å². The second kappa shape index (κ2) is 7.67. The number of benzene rings is 1. The van der Waals surface area contributed by atoms with E-state index in [0.717, 1.165) is 11.3 Å². The van der Waals surface area contributed by atoms with Gasteiger partial charge in [-0.05, 0) is 36.2 Å². The molecule has 2 heterocycles. The van der Waals surface area contributed by atoms with Crippen LogP contribution in [0.5, 0.6) is 5.75 Å². The number of rotatable bonds is 5. The molecule has 124 valence electrons. The fraction of sp³-hybridized carbons (Fsp3) is 0.235. The lowest BCUT2D eigenvalue weighted by atomic mass is 10.0. The minimum Gasteiger partial charge on any atom is -0.497 e. The number of carbonyl (C=O) groups is 1. The first-order chi connectivity index (χ1) is 11.8. The molecule has 1 aromatic carbocycles. The van der Waals surface area contributed by atoms with E-state index in [1.807, 2.05) is 42.5 Å².